The second kappa shape index (κ2) is 10.0. The molecule has 0 saturated carbocycles. The lowest BCUT2D eigenvalue weighted by atomic mass is 10.1. The van der Waals surface area contributed by atoms with Gasteiger partial charge in [0.2, 0.25) is 5.91 Å². The van der Waals surface area contributed by atoms with E-state index in [-0.39, 0.29) is 29.4 Å². The predicted molar refractivity (Wildman–Crippen MR) is 117 cm³/mol. The number of nitrogen functional groups attached to an aromatic ring is 1. The van der Waals surface area contributed by atoms with E-state index < -0.39 is 17.6 Å². The summed E-state index contributed by atoms with van der Waals surface area (Å²) >= 11 is 0. The van der Waals surface area contributed by atoms with E-state index in [9.17, 15) is 22.8 Å². The summed E-state index contributed by atoms with van der Waals surface area (Å²) in [5.74, 6) is 0.197. The first kappa shape index (κ1) is 23.6. The van der Waals surface area contributed by atoms with Crippen molar-refractivity contribution in [1.29, 1.82) is 0 Å². The lowest BCUT2D eigenvalue weighted by Gasteiger charge is -2.11. The van der Waals surface area contributed by atoms with Crippen LogP contribution in [-0.4, -0.2) is 23.8 Å². The Morgan fingerprint density at radius 1 is 1.03 bits per heavy atom. The van der Waals surface area contributed by atoms with E-state index >= 15 is 0 Å². The van der Waals surface area contributed by atoms with Gasteiger partial charge in [0.1, 0.15) is 17.2 Å². The van der Waals surface area contributed by atoms with E-state index in [2.05, 4.69) is 15.6 Å². The van der Waals surface area contributed by atoms with Gasteiger partial charge >= 0.3 is 6.18 Å². The number of nitrogens with two attached hydrogens (primary N) is 1. The Kier molecular flexibility index (Phi) is 7.17. The first-order chi connectivity index (χ1) is 15.6. The number of aromatic nitrogens is 1. The minimum Gasteiger partial charge on any atom is -0.457 e. The van der Waals surface area contributed by atoms with Gasteiger partial charge in [0.15, 0.2) is 0 Å². The molecular weight excluding hydrogens is 437 g/mol. The summed E-state index contributed by atoms with van der Waals surface area (Å²) in [7, 11) is 1.51. The molecule has 0 spiro atoms. The summed E-state index contributed by atoms with van der Waals surface area (Å²) in [6.45, 7) is 0. The Morgan fingerprint density at radius 3 is 2.42 bits per heavy atom. The average molecular weight is 458 g/mol. The van der Waals surface area contributed by atoms with E-state index in [1.165, 1.54) is 25.4 Å². The smallest absolute Gasteiger partial charge is 0.416 e. The number of carbonyl (C=O) groups is 2. The van der Waals surface area contributed by atoms with Gasteiger partial charge < -0.3 is 21.1 Å². The summed E-state index contributed by atoms with van der Waals surface area (Å²) in [6, 6.07) is 13.0. The van der Waals surface area contributed by atoms with Crippen LogP contribution >= 0.6 is 0 Å². The van der Waals surface area contributed by atoms with Crippen LogP contribution in [0.25, 0.3) is 0 Å². The zero-order chi connectivity index (χ0) is 24.0. The molecule has 0 bridgehead atoms. The quantitative estimate of drug-likeness (QED) is 0.455. The van der Waals surface area contributed by atoms with Gasteiger partial charge in [-0.05, 0) is 48.4 Å². The van der Waals surface area contributed by atoms with E-state index in [0.29, 0.717) is 17.9 Å². The summed E-state index contributed by atoms with van der Waals surface area (Å²) < 4.78 is 44.4. The van der Waals surface area contributed by atoms with E-state index in [4.69, 9.17) is 10.5 Å². The molecule has 1 heterocycles. The highest BCUT2D eigenvalue weighted by Crippen LogP contribution is 2.32. The Bertz CT molecular complexity index is 1150. The van der Waals surface area contributed by atoms with Crippen LogP contribution < -0.4 is 21.1 Å². The Hall–Kier alpha value is -4.08. The summed E-state index contributed by atoms with van der Waals surface area (Å²) in [5.41, 5.74) is 5.54. The summed E-state index contributed by atoms with van der Waals surface area (Å²) in [5, 5.41) is 4.93. The van der Waals surface area contributed by atoms with Crippen molar-refractivity contribution in [1.82, 2.24) is 10.3 Å². The third-order valence-corrected chi connectivity index (χ3v) is 4.56. The van der Waals surface area contributed by atoms with Gasteiger partial charge in [-0.25, -0.2) is 0 Å². The number of amides is 2. The van der Waals surface area contributed by atoms with Crippen molar-refractivity contribution >= 4 is 23.2 Å². The molecule has 7 nitrogen and oxygen atoms in total. The van der Waals surface area contributed by atoms with Crippen LogP contribution in [0.4, 0.5) is 24.5 Å². The van der Waals surface area contributed by atoms with E-state index in [1.54, 1.807) is 30.3 Å². The van der Waals surface area contributed by atoms with Gasteiger partial charge in [0.05, 0.1) is 5.56 Å². The molecule has 33 heavy (non-hydrogen) atoms. The minimum absolute atomic E-state index is 0.00968. The number of hydrogen-bond donors (Lipinski definition) is 3. The van der Waals surface area contributed by atoms with Crippen molar-refractivity contribution in [2.75, 3.05) is 18.1 Å². The fourth-order valence-electron chi connectivity index (χ4n) is 2.96. The lowest BCUT2D eigenvalue weighted by molar-refractivity contribution is -0.137. The Morgan fingerprint density at radius 2 is 1.76 bits per heavy atom. The number of ether oxygens (including phenoxy) is 1. The molecule has 0 radical (unpaired) electrons. The molecule has 2 aromatic carbocycles. The van der Waals surface area contributed by atoms with Crippen LogP contribution in [0.15, 0.2) is 60.8 Å². The lowest BCUT2D eigenvalue weighted by Crippen LogP contribution is -2.18. The molecule has 0 saturated heterocycles. The van der Waals surface area contributed by atoms with Crippen LogP contribution in [0.5, 0.6) is 11.5 Å². The maximum Gasteiger partial charge on any atom is 0.416 e. The van der Waals surface area contributed by atoms with E-state index in [0.717, 1.165) is 17.7 Å². The molecule has 0 aliphatic carbocycles. The van der Waals surface area contributed by atoms with Crippen molar-refractivity contribution in [3.63, 3.8) is 0 Å². The van der Waals surface area contributed by atoms with Gasteiger partial charge in [0.25, 0.3) is 5.91 Å². The maximum absolute atomic E-state index is 12.9. The SMILES string of the molecule is CNC(=O)c1cc(Oc2ccc(CCC(=O)Nc3cc(N)cc(C(F)(F)F)c3)cc2)ccn1. The maximum atomic E-state index is 12.9. The fourth-order valence-corrected chi connectivity index (χ4v) is 2.96. The number of pyridine rings is 1. The molecule has 0 atom stereocenters. The molecule has 0 unspecified atom stereocenters. The van der Waals surface area contributed by atoms with Crippen molar-refractivity contribution in [3.05, 3.63) is 77.6 Å². The topological polar surface area (TPSA) is 106 Å². The molecule has 0 aliphatic heterocycles. The molecule has 3 aromatic rings. The molecule has 3 rings (SSSR count). The predicted octanol–water partition coefficient (Wildman–Crippen LogP) is 4.41. The van der Waals surface area contributed by atoms with Crippen LogP contribution in [0.3, 0.4) is 0 Å². The van der Waals surface area contributed by atoms with Crippen LogP contribution in [0.1, 0.15) is 28.0 Å². The number of halogens is 3. The molecule has 4 N–H and O–H groups in total. The van der Waals surface area contributed by atoms with Crippen molar-refractivity contribution in [2.45, 2.75) is 19.0 Å². The number of alkyl halides is 3. The molecular formula is C23H21F3N4O3. The van der Waals surface area contributed by atoms with Crippen molar-refractivity contribution in [2.24, 2.45) is 0 Å². The first-order valence-corrected chi connectivity index (χ1v) is 9.86. The first-order valence-electron chi connectivity index (χ1n) is 9.86. The zero-order valence-electron chi connectivity index (χ0n) is 17.6. The highest BCUT2D eigenvalue weighted by Gasteiger charge is 2.31. The molecule has 1 aromatic heterocycles. The third-order valence-electron chi connectivity index (χ3n) is 4.56. The number of carbonyl (C=O) groups excluding carboxylic acids is 2. The number of rotatable bonds is 7. The molecule has 0 fully saturated rings. The second-order valence-electron chi connectivity index (χ2n) is 7.09. The van der Waals surface area contributed by atoms with Crippen molar-refractivity contribution < 1.29 is 27.5 Å². The van der Waals surface area contributed by atoms with E-state index in [1.807, 2.05) is 0 Å². The summed E-state index contributed by atoms with van der Waals surface area (Å²) in [6.07, 6.45) is -2.66. The zero-order valence-corrected chi connectivity index (χ0v) is 17.6. The van der Waals surface area contributed by atoms with Gasteiger partial charge in [-0.3, -0.25) is 14.6 Å². The molecule has 2 amide bonds. The number of benzene rings is 2. The Balaban J connectivity index is 1.56. The van der Waals surface area contributed by atoms with Crippen LogP contribution in [0.2, 0.25) is 0 Å². The average Bonchev–Trinajstić information content (AvgIpc) is 2.77. The van der Waals surface area contributed by atoms with Gasteiger partial charge in [-0.1, -0.05) is 12.1 Å². The normalized spacial score (nSPS) is 11.0. The number of aryl methyl sites for hydroxylation is 1. The molecule has 172 valence electrons. The number of hydrogen-bond acceptors (Lipinski definition) is 5. The third kappa shape index (κ3) is 6.70. The van der Waals surface area contributed by atoms with Gasteiger partial charge in [-0.2, -0.15) is 13.2 Å². The molecule has 10 heteroatoms. The van der Waals surface area contributed by atoms with Gasteiger partial charge in [0, 0.05) is 37.1 Å². The monoisotopic (exact) mass is 458 g/mol. The van der Waals surface area contributed by atoms with Crippen molar-refractivity contribution in [3.8, 4) is 11.5 Å². The largest absolute Gasteiger partial charge is 0.457 e. The van der Waals surface area contributed by atoms with Gasteiger partial charge in [-0.15, -0.1) is 0 Å². The summed E-state index contributed by atoms with van der Waals surface area (Å²) in [4.78, 5) is 27.8. The number of anilines is 2. The number of nitrogens with one attached hydrogen (secondary N) is 2. The Labute approximate surface area is 187 Å². The number of nitrogens with zero attached hydrogens (tertiary/aromatic N) is 1. The molecule has 0 aliphatic rings. The highest BCUT2D eigenvalue weighted by atomic mass is 19.4. The minimum atomic E-state index is -4.56. The second-order valence-corrected chi connectivity index (χ2v) is 7.09. The van der Waals surface area contributed by atoms with Crippen LogP contribution in [-0.2, 0) is 17.4 Å². The standard InChI is InChI=1S/C23H21F3N4O3/c1-28-22(32)20-13-19(8-9-29-20)33-18-5-2-14(3-6-18)4-7-21(31)30-17-11-15(23(24,25)26)10-16(27)12-17/h2-3,5-6,8-13H,4,7,27H2,1H3,(H,28,32)(H,30,31). The highest BCUT2D eigenvalue weighted by molar-refractivity contribution is 5.92. The van der Waals surface area contributed by atoms with Crippen LogP contribution in [0, 0.1) is 0 Å². The fraction of sp³-hybridized carbons (Fsp3) is 0.174.